The molecule has 0 fully saturated rings. The molecule has 4 rings (SSSR count). The normalized spacial score (nSPS) is 12.2. The molecule has 0 radical (unpaired) electrons. The molecule has 0 spiro atoms. The van der Waals surface area contributed by atoms with Crippen molar-refractivity contribution in [2.24, 2.45) is 10.2 Å². The number of carbonyl (C=O) groups is 1. The SMILES string of the molecule is Cc1ccc(C(=O)Nc2cc(S(=O)(=O)O)cc3cc(C)c(N=Nc4ccccc4S(=O)(=O)O)c(O)c23)cc1. The summed E-state index contributed by atoms with van der Waals surface area (Å²) >= 11 is 0. The van der Waals surface area contributed by atoms with Gasteiger partial charge >= 0.3 is 0 Å². The molecular formula is C25H21N3O8S2. The first-order chi connectivity index (χ1) is 17.8. The summed E-state index contributed by atoms with van der Waals surface area (Å²) in [5.74, 6) is -1.10. The van der Waals surface area contributed by atoms with E-state index in [9.17, 15) is 35.8 Å². The number of hydrogen-bond acceptors (Lipinski definition) is 8. The van der Waals surface area contributed by atoms with Crippen molar-refractivity contribution < 1.29 is 35.8 Å². The summed E-state index contributed by atoms with van der Waals surface area (Å²) in [6, 6.07) is 15.4. The molecule has 0 heterocycles. The molecule has 0 unspecified atom stereocenters. The second kappa shape index (κ2) is 9.95. The molecular weight excluding hydrogens is 534 g/mol. The summed E-state index contributed by atoms with van der Waals surface area (Å²) in [7, 11) is -9.28. The van der Waals surface area contributed by atoms with Gasteiger partial charge in [-0.3, -0.25) is 13.9 Å². The Kier molecular flexibility index (Phi) is 7.04. The first kappa shape index (κ1) is 26.9. The Hall–Kier alpha value is -4.17. The second-order valence-corrected chi connectivity index (χ2v) is 11.2. The minimum Gasteiger partial charge on any atom is -0.505 e. The van der Waals surface area contributed by atoms with Gasteiger partial charge in [0.2, 0.25) is 0 Å². The van der Waals surface area contributed by atoms with Crippen molar-refractivity contribution in [2.75, 3.05) is 5.32 Å². The van der Waals surface area contributed by atoms with Crippen LogP contribution in [0.4, 0.5) is 17.1 Å². The largest absolute Gasteiger partial charge is 0.505 e. The molecule has 13 heteroatoms. The van der Waals surface area contributed by atoms with E-state index < -0.39 is 41.7 Å². The zero-order valence-corrected chi connectivity index (χ0v) is 21.6. The van der Waals surface area contributed by atoms with E-state index in [0.29, 0.717) is 5.56 Å². The maximum atomic E-state index is 12.9. The Balaban J connectivity index is 1.90. The van der Waals surface area contributed by atoms with Gasteiger partial charge in [0.05, 0.1) is 10.6 Å². The third-order valence-electron chi connectivity index (χ3n) is 5.61. The summed E-state index contributed by atoms with van der Waals surface area (Å²) < 4.78 is 66.2. The van der Waals surface area contributed by atoms with Crippen molar-refractivity contribution in [3.63, 3.8) is 0 Å². The lowest BCUT2D eigenvalue weighted by Gasteiger charge is -2.15. The van der Waals surface area contributed by atoms with Crippen LogP contribution in [0.15, 0.2) is 86.7 Å². The van der Waals surface area contributed by atoms with E-state index in [4.69, 9.17) is 0 Å². The highest BCUT2D eigenvalue weighted by Gasteiger charge is 2.21. The number of nitrogens with zero attached hydrogens (tertiary/aromatic N) is 2. The van der Waals surface area contributed by atoms with E-state index in [1.807, 2.05) is 6.92 Å². The van der Waals surface area contributed by atoms with Crippen LogP contribution in [-0.4, -0.2) is 37.0 Å². The van der Waals surface area contributed by atoms with Crippen molar-refractivity contribution in [3.05, 3.63) is 83.4 Å². The number of phenols is 1. The Bertz CT molecular complexity index is 1830. The smallest absolute Gasteiger partial charge is 0.296 e. The summed E-state index contributed by atoms with van der Waals surface area (Å²) in [5, 5.41) is 21.7. The van der Waals surface area contributed by atoms with Crippen molar-refractivity contribution in [1.29, 1.82) is 0 Å². The second-order valence-electron chi connectivity index (χ2n) is 8.40. The first-order valence-electron chi connectivity index (χ1n) is 10.9. The highest BCUT2D eigenvalue weighted by molar-refractivity contribution is 7.86. The standard InChI is InChI=1S/C25H21N3O8S2/c1-14-7-9-16(10-8-14)25(30)26-20-13-18(37(31,32)33)12-17-11-15(2)23(24(29)22(17)20)28-27-19-5-3-4-6-21(19)38(34,35)36/h3-13,29H,1-2H3,(H,26,30)(H,31,32,33)(H,34,35,36). The van der Waals surface area contributed by atoms with Gasteiger partial charge in [0.15, 0.2) is 5.75 Å². The number of anilines is 1. The molecule has 196 valence electrons. The number of nitrogens with one attached hydrogen (secondary N) is 1. The van der Waals surface area contributed by atoms with Crippen molar-refractivity contribution in [1.82, 2.24) is 0 Å². The molecule has 0 saturated carbocycles. The van der Waals surface area contributed by atoms with Gasteiger partial charge in [0, 0.05) is 10.9 Å². The van der Waals surface area contributed by atoms with Crippen LogP contribution in [0.2, 0.25) is 0 Å². The maximum Gasteiger partial charge on any atom is 0.296 e. The fourth-order valence-electron chi connectivity index (χ4n) is 3.76. The van der Waals surface area contributed by atoms with Gasteiger partial charge in [-0.15, -0.1) is 10.2 Å². The molecule has 1 amide bonds. The van der Waals surface area contributed by atoms with Crippen LogP contribution < -0.4 is 5.32 Å². The number of phenolic OH excluding ortho intramolecular Hbond substituents is 1. The topological polar surface area (TPSA) is 183 Å². The molecule has 0 saturated heterocycles. The lowest BCUT2D eigenvalue weighted by molar-refractivity contribution is 0.102. The lowest BCUT2D eigenvalue weighted by Crippen LogP contribution is -2.13. The molecule has 0 aliphatic carbocycles. The Morgan fingerprint density at radius 3 is 2.13 bits per heavy atom. The molecule has 4 aromatic rings. The van der Waals surface area contributed by atoms with Gasteiger partial charge in [0.1, 0.15) is 16.3 Å². The van der Waals surface area contributed by atoms with Crippen molar-refractivity contribution in [3.8, 4) is 5.75 Å². The van der Waals surface area contributed by atoms with E-state index in [2.05, 4.69) is 15.5 Å². The van der Waals surface area contributed by atoms with Gasteiger partial charge in [-0.2, -0.15) is 16.8 Å². The van der Waals surface area contributed by atoms with E-state index >= 15 is 0 Å². The maximum absolute atomic E-state index is 12.9. The first-order valence-corrected chi connectivity index (χ1v) is 13.8. The molecule has 0 aliphatic rings. The minimum atomic E-state index is -4.68. The van der Waals surface area contributed by atoms with Gasteiger partial charge in [-0.1, -0.05) is 29.8 Å². The van der Waals surface area contributed by atoms with E-state index in [1.54, 1.807) is 24.3 Å². The number of hydrogen-bond donors (Lipinski definition) is 4. The minimum absolute atomic E-state index is 0.000441. The lowest BCUT2D eigenvalue weighted by atomic mass is 10.0. The Morgan fingerprint density at radius 1 is 0.842 bits per heavy atom. The fourth-order valence-corrected chi connectivity index (χ4v) is 4.92. The Labute approximate surface area is 218 Å². The van der Waals surface area contributed by atoms with Crippen LogP contribution in [0, 0.1) is 13.8 Å². The van der Waals surface area contributed by atoms with Gasteiger partial charge in [-0.25, -0.2) is 0 Å². The molecule has 0 atom stereocenters. The molecule has 4 N–H and O–H groups in total. The summed E-state index contributed by atoms with van der Waals surface area (Å²) in [6.07, 6.45) is 0. The van der Waals surface area contributed by atoms with Crippen LogP contribution in [-0.2, 0) is 20.2 Å². The number of benzene rings is 4. The zero-order valence-electron chi connectivity index (χ0n) is 19.9. The number of fused-ring (bicyclic) bond motifs is 1. The fraction of sp³-hybridized carbons (Fsp3) is 0.0800. The monoisotopic (exact) mass is 555 g/mol. The highest BCUT2D eigenvalue weighted by atomic mass is 32.2. The van der Waals surface area contributed by atoms with Gasteiger partial charge in [-0.05, 0) is 67.3 Å². The number of aromatic hydroxyl groups is 1. The quantitative estimate of drug-likeness (QED) is 0.182. The van der Waals surface area contributed by atoms with Crippen LogP contribution in [0.5, 0.6) is 5.75 Å². The summed E-state index contributed by atoms with van der Waals surface area (Å²) in [6.45, 7) is 3.38. The third kappa shape index (κ3) is 5.55. The summed E-state index contributed by atoms with van der Waals surface area (Å²) in [4.78, 5) is 11.9. The molecule has 0 bridgehead atoms. The van der Waals surface area contributed by atoms with Crippen LogP contribution in [0.3, 0.4) is 0 Å². The molecule has 0 aromatic heterocycles. The van der Waals surface area contributed by atoms with E-state index in [0.717, 1.165) is 23.8 Å². The zero-order chi connectivity index (χ0) is 27.8. The van der Waals surface area contributed by atoms with Gasteiger partial charge in [0.25, 0.3) is 26.1 Å². The van der Waals surface area contributed by atoms with Crippen molar-refractivity contribution >= 4 is 54.0 Å². The summed E-state index contributed by atoms with van der Waals surface area (Å²) in [5.41, 5.74) is 1.06. The average molecular weight is 556 g/mol. The molecule has 38 heavy (non-hydrogen) atoms. The Morgan fingerprint density at radius 2 is 1.50 bits per heavy atom. The third-order valence-corrected chi connectivity index (χ3v) is 7.34. The van der Waals surface area contributed by atoms with E-state index in [-0.39, 0.29) is 33.4 Å². The predicted octanol–water partition coefficient (Wildman–Crippen LogP) is 5.32. The van der Waals surface area contributed by atoms with E-state index in [1.165, 1.54) is 31.2 Å². The van der Waals surface area contributed by atoms with Gasteiger partial charge < -0.3 is 10.4 Å². The molecule has 4 aromatic carbocycles. The average Bonchev–Trinajstić information content (AvgIpc) is 2.83. The predicted molar refractivity (Wildman–Crippen MR) is 140 cm³/mol. The van der Waals surface area contributed by atoms with Crippen molar-refractivity contribution in [2.45, 2.75) is 23.6 Å². The molecule has 11 nitrogen and oxygen atoms in total. The number of aryl methyl sites for hydroxylation is 2. The van der Waals surface area contributed by atoms with Crippen LogP contribution >= 0.6 is 0 Å². The number of rotatable bonds is 6. The molecule has 0 aliphatic heterocycles. The number of amides is 1. The number of carbonyl (C=O) groups excluding carboxylic acids is 1. The highest BCUT2D eigenvalue weighted by Crippen LogP contribution is 2.43. The van der Waals surface area contributed by atoms with Crippen LogP contribution in [0.25, 0.3) is 10.8 Å². The number of azo groups is 1. The van der Waals surface area contributed by atoms with Crippen LogP contribution in [0.1, 0.15) is 21.5 Å².